The number of halogens is 1. The van der Waals surface area contributed by atoms with E-state index >= 15 is 0 Å². The van der Waals surface area contributed by atoms with Gasteiger partial charge in [0.25, 0.3) is 0 Å². The normalized spacial score (nSPS) is 18.9. The molecule has 0 saturated carbocycles. The Bertz CT molecular complexity index is 539. The Labute approximate surface area is 122 Å². The van der Waals surface area contributed by atoms with Crippen LogP contribution in [0.3, 0.4) is 0 Å². The van der Waals surface area contributed by atoms with Crippen LogP contribution >= 0.6 is 15.9 Å². The summed E-state index contributed by atoms with van der Waals surface area (Å²) in [4.78, 5) is 27.0. The van der Waals surface area contributed by atoms with Gasteiger partial charge in [-0.3, -0.25) is 19.9 Å². The number of nitro groups is 1. The summed E-state index contributed by atoms with van der Waals surface area (Å²) in [5.41, 5.74) is 0.191. The van der Waals surface area contributed by atoms with Gasteiger partial charge in [0, 0.05) is 12.7 Å². The predicted molar refractivity (Wildman–Crippen MR) is 72.8 cm³/mol. The van der Waals surface area contributed by atoms with Crippen molar-refractivity contribution in [3.8, 4) is 0 Å². The molecule has 1 atom stereocenters. The largest absolute Gasteiger partial charge is 0.481 e. The van der Waals surface area contributed by atoms with Gasteiger partial charge in [0.15, 0.2) is 0 Å². The highest BCUT2D eigenvalue weighted by Gasteiger charge is 2.32. The second kappa shape index (κ2) is 6.14. The Morgan fingerprint density at radius 1 is 1.65 bits per heavy atom. The number of ether oxygens (including phenoxy) is 1. The number of hydrogen-bond donors (Lipinski definition) is 1. The maximum Gasteiger partial charge on any atom is 0.311 e. The van der Waals surface area contributed by atoms with Crippen LogP contribution in [0.15, 0.2) is 16.9 Å². The van der Waals surface area contributed by atoms with Crippen molar-refractivity contribution < 1.29 is 19.6 Å². The Morgan fingerprint density at radius 3 is 3.05 bits per heavy atom. The minimum absolute atomic E-state index is 0.147. The van der Waals surface area contributed by atoms with Crippen molar-refractivity contribution in [3.05, 3.63) is 27.0 Å². The molecular weight excluding hydrogens is 334 g/mol. The third kappa shape index (κ3) is 3.05. The molecule has 0 spiro atoms. The molecule has 1 saturated heterocycles. The SMILES string of the molecule is O=C(O)CC1COCCN1c1c(Br)cncc1[N+](=O)[O-]. The molecule has 1 N–H and O–H groups in total. The fraction of sp³-hybridized carbons (Fsp3) is 0.455. The smallest absolute Gasteiger partial charge is 0.311 e. The summed E-state index contributed by atoms with van der Waals surface area (Å²) in [5, 5.41) is 20.1. The van der Waals surface area contributed by atoms with E-state index in [4.69, 9.17) is 9.84 Å². The number of carbonyl (C=O) groups is 1. The van der Waals surface area contributed by atoms with Crippen LogP contribution in [-0.2, 0) is 9.53 Å². The van der Waals surface area contributed by atoms with Gasteiger partial charge in [0.1, 0.15) is 11.9 Å². The molecule has 2 rings (SSSR count). The van der Waals surface area contributed by atoms with Crippen LogP contribution in [0.4, 0.5) is 11.4 Å². The first-order valence-electron chi connectivity index (χ1n) is 5.84. The first kappa shape index (κ1) is 14.7. The lowest BCUT2D eigenvalue weighted by Gasteiger charge is -2.36. The van der Waals surface area contributed by atoms with E-state index in [1.54, 1.807) is 4.90 Å². The van der Waals surface area contributed by atoms with Crippen LogP contribution in [0, 0.1) is 10.1 Å². The van der Waals surface area contributed by atoms with Gasteiger partial charge < -0.3 is 14.7 Å². The van der Waals surface area contributed by atoms with Gasteiger partial charge in [-0.15, -0.1) is 0 Å². The van der Waals surface area contributed by atoms with Crippen molar-refractivity contribution in [2.24, 2.45) is 0 Å². The first-order valence-corrected chi connectivity index (χ1v) is 6.64. The third-order valence-electron chi connectivity index (χ3n) is 2.98. The minimum Gasteiger partial charge on any atom is -0.481 e. The molecule has 1 aliphatic heterocycles. The molecule has 2 heterocycles. The fourth-order valence-electron chi connectivity index (χ4n) is 2.16. The predicted octanol–water partition coefficient (Wildman–Crippen LogP) is 1.43. The van der Waals surface area contributed by atoms with Gasteiger partial charge in [-0.05, 0) is 15.9 Å². The molecule has 9 heteroatoms. The number of morpholine rings is 1. The zero-order valence-electron chi connectivity index (χ0n) is 10.4. The van der Waals surface area contributed by atoms with Crippen LogP contribution < -0.4 is 4.90 Å². The van der Waals surface area contributed by atoms with Gasteiger partial charge in [-0.1, -0.05) is 0 Å². The highest BCUT2D eigenvalue weighted by atomic mass is 79.9. The molecule has 1 fully saturated rings. The molecule has 0 aromatic carbocycles. The zero-order chi connectivity index (χ0) is 14.7. The number of aromatic nitrogens is 1. The number of aliphatic carboxylic acids is 1. The van der Waals surface area contributed by atoms with Crippen molar-refractivity contribution in [1.82, 2.24) is 4.98 Å². The summed E-state index contributed by atoms with van der Waals surface area (Å²) in [6.07, 6.45) is 2.47. The average Bonchev–Trinajstić information content (AvgIpc) is 2.38. The van der Waals surface area contributed by atoms with Crippen molar-refractivity contribution >= 4 is 33.3 Å². The minimum atomic E-state index is -0.974. The second-order valence-electron chi connectivity index (χ2n) is 4.27. The molecule has 0 radical (unpaired) electrons. The van der Waals surface area contributed by atoms with Crippen LogP contribution in [0.2, 0.25) is 0 Å². The maximum absolute atomic E-state index is 11.1. The number of anilines is 1. The molecule has 1 aliphatic rings. The quantitative estimate of drug-likeness (QED) is 0.649. The summed E-state index contributed by atoms with van der Waals surface area (Å²) >= 11 is 3.25. The zero-order valence-corrected chi connectivity index (χ0v) is 11.9. The Morgan fingerprint density at radius 2 is 2.40 bits per heavy atom. The molecule has 1 aromatic rings. The molecule has 0 bridgehead atoms. The van der Waals surface area contributed by atoms with Gasteiger partial charge >= 0.3 is 11.7 Å². The van der Waals surface area contributed by atoms with Crippen LogP contribution in [0.1, 0.15) is 6.42 Å². The highest BCUT2D eigenvalue weighted by molar-refractivity contribution is 9.10. The van der Waals surface area contributed by atoms with E-state index < -0.39 is 16.9 Å². The lowest BCUT2D eigenvalue weighted by molar-refractivity contribution is -0.384. The van der Waals surface area contributed by atoms with E-state index in [-0.39, 0.29) is 18.7 Å². The summed E-state index contributed by atoms with van der Waals surface area (Å²) < 4.78 is 5.73. The molecule has 8 nitrogen and oxygen atoms in total. The van der Waals surface area contributed by atoms with E-state index in [2.05, 4.69) is 20.9 Å². The Balaban J connectivity index is 2.41. The van der Waals surface area contributed by atoms with E-state index in [9.17, 15) is 14.9 Å². The van der Waals surface area contributed by atoms with E-state index in [1.807, 2.05) is 0 Å². The first-order chi connectivity index (χ1) is 9.50. The molecule has 0 aliphatic carbocycles. The van der Waals surface area contributed by atoms with Crippen molar-refractivity contribution in [3.63, 3.8) is 0 Å². The lowest BCUT2D eigenvalue weighted by Crippen LogP contribution is -2.47. The Kier molecular flexibility index (Phi) is 4.50. The summed E-state index contributed by atoms with van der Waals surface area (Å²) in [5.74, 6) is -0.974. The molecule has 1 unspecified atom stereocenters. The summed E-state index contributed by atoms with van der Waals surface area (Å²) in [6, 6.07) is -0.446. The summed E-state index contributed by atoms with van der Waals surface area (Å²) in [6.45, 7) is 1.00. The number of carboxylic acid groups (broad SMARTS) is 1. The average molecular weight is 346 g/mol. The number of hydrogen-bond acceptors (Lipinski definition) is 6. The second-order valence-corrected chi connectivity index (χ2v) is 5.12. The Hall–Kier alpha value is -1.74. The number of nitrogens with zero attached hydrogens (tertiary/aromatic N) is 3. The topological polar surface area (TPSA) is 106 Å². The van der Waals surface area contributed by atoms with Crippen LogP contribution in [0.5, 0.6) is 0 Å². The van der Waals surface area contributed by atoms with Gasteiger partial charge in [0.05, 0.1) is 35.1 Å². The molecule has 20 heavy (non-hydrogen) atoms. The monoisotopic (exact) mass is 345 g/mol. The van der Waals surface area contributed by atoms with Crippen molar-refractivity contribution in [2.45, 2.75) is 12.5 Å². The number of rotatable bonds is 4. The molecular formula is C11H12BrN3O5. The number of carboxylic acids is 1. The van der Waals surface area contributed by atoms with Gasteiger partial charge in [-0.25, -0.2) is 0 Å². The van der Waals surface area contributed by atoms with Crippen molar-refractivity contribution in [1.29, 1.82) is 0 Å². The van der Waals surface area contributed by atoms with E-state index in [0.717, 1.165) is 6.20 Å². The maximum atomic E-state index is 11.1. The van der Waals surface area contributed by atoms with E-state index in [1.165, 1.54) is 6.20 Å². The van der Waals surface area contributed by atoms with Crippen molar-refractivity contribution in [2.75, 3.05) is 24.7 Å². The third-order valence-corrected chi connectivity index (χ3v) is 3.56. The summed E-state index contributed by atoms with van der Waals surface area (Å²) in [7, 11) is 0. The van der Waals surface area contributed by atoms with E-state index in [0.29, 0.717) is 23.3 Å². The lowest BCUT2D eigenvalue weighted by atomic mass is 10.1. The molecule has 0 amide bonds. The van der Waals surface area contributed by atoms with Crippen LogP contribution in [-0.4, -0.2) is 46.8 Å². The fourth-order valence-corrected chi connectivity index (χ4v) is 2.70. The van der Waals surface area contributed by atoms with Crippen LogP contribution in [0.25, 0.3) is 0 Å². The number of pyridine rings is 1. The highest BCUT2D eigenvalue weighted by Crippen LogP contribution is 2.36. The molecule has 1 aromatic heterocycles. The molecule has 108 valence electrons. The van der Waals surface area contributed by atoms with Gasteiger partial charge in [-0.2, -0.15) is 0 Å². The standard InChI is InChI=1S/C11H12BrN3O5/c12-8-4-13-5-9(15(18)19)11(8)14-1-2-20-6-7(14)3-10(16)17/h4-5,7H,1-3,6H2,(H,16,17). The van der Waals surface area contributed by atoms with Gasteiger partial charge in [0.2, 0.25) is 0 Å².